The summed E-state index contributed by atoms with van der Waals surface area (Å²) >= 11 is 3.05. The second-order valence-electron chi connectivity index (χ2n) is 4.08. The summed E-state index contributed by atoms with van der Waals surface area (Å²) in [5.74, 6) is -1.52. The Kier molecular flexibility index (Phi) is 4.19. The average molecular weight is 323 g/mol. The molecule has 0 saturated heterocycles. The molecule has 1 aromatic rings. The maximum atomic E-state index is 13.5. The van der Waals surface area contributed by atoms with Crippen LogP contribution in [0, 0.1) is 11.6 Å². The molecule has 1 aromatic carbocycles. The molecule has 1 saturated carbocycles. The van der Waals surface area contributed by atoms with Crippen molar-refractivity contribution in [2.45, 2.75) is 31.7 Å². The van der Waals surface area contributed by atoms with Gasteiger partial charge in [-0.15, -0.1) is 0 Å². The minimum Gasteiger partial charge on any atom is -0.483 e. The van der Waals surface area contributed by atoms with Crippen LogP contribution in [0.3, 0.4) is 0 Å². The lowest BCUT2D eigenvalue weighted by atomic mass is 9.88. The van der Waals surface area contributed by atoms with Crippen LogP contribution in [0.5, 0.6) is 5.75 Å². The van der Waals surface area contributed by atoms with Crippen LogP contribution in [0.4, 0.5) is 8.78 Å². The van der Waals surface area contributed by atoms with E-state index in [2.05, 4.69) is 15.9 Å². The van der Waals surface area contributed by atoms with Crippen molar-refractivity contribution in [1.82, 2.24) is 0 Å². The summed E-state index contributed by atoms with van der Waals surface area (Å²) in [6.45, 7) is 2.24. The van der Waals surface area contributed by atoms with E-state index in [1.54, 1.807) is 6.92 Å². The van der Waals surface area contributed by atoms with Crippen LogP contribution in [0.2, 0.25) is 0 Å². The number of benzene rings is 1. The normalized spacial score (nSPS) is 26.8. The summed E-state index contributed by atoms with van der Waals surface area (Å²) < 4.78 is 37.4. The van der Waals surface area contributed by atoms with Gasteiger partial charge in [0, 0.05) is 19.1 Å². The summed E-state index contributed by atoms with van der Waals surface area (Å²) in [5, 5.41) is 9.50. The van der Waals surface area contributed by atoms with Crippen LogP contribution in [-0.4, -0.2) is 30.0 Å². The van der Waals surface area contributed by atoms with Gasteiger partial charge in [-0.3, -0.25) is 0 Å². The standard InChI is InChI=1S/C12H13BrF2O3/c1-2-17-12-9(16)5-10(12)18-11-7(13)3-6(14)4-8(11)15/h3-4,9-10,12,16H,2,5H2,1H3. The molecule has 0 spiro atoms. The molecule has 0 aliphatic heterocycles. The molecule has 1 fully saturated rings. The van der Waals surface area contributed by atoms with Crippen molar-refractivity contribution >= 4 is 15.9 Å². The Bertz CT molecular complexity index is 418. The van der Waals surface area contributed by atoms with Gasteiger partial charge in [0.15, 0.2) is 11.6 Å². The fraction of sp³-hybridized carbons (Fsp3) is 0.500. The van der Waals surface area contributed by atoms with Gasteiger partial charge in [-0.2, -0.15) is 0 Å². The van der Waals surface area contributed by atoms with E-state index in [0.29, 0.717) is 13.0 Å². The molecule has 3 atom stereocenters. The highest BCUT2D eigenvalue weighted by Gasteiger charge is 2.43. The van der Waals surface area contributed by atoms with Crippen LogP contribution in [0.25, 0.3) is 0 Å². The Morgan fingerprint density at radius 1 is 1.44 bits per heavy atom. The van der Waals surface area contributed by atoms with E-state index in [1.807, 2.05) is 0 Å². The molecule has 0 amide bonds. The summed E-state index contributed by atoms with van der Waals surface area (Å²) in [6, 6.07) is 1.88. The molecule has 2 rings (SSSR count). The highest BCUT2D eigenvalue weighted by Crippen LogP contribution is 2.35. The number of aliphatic hydroxyl groups is 1. The first-order valence-corrected chi connectivity index (χ1v) is 6.43. The van der Waals surface area contributed by atoms with Gasteiger partial charge in [-0.05, 0) is 28.9 Å². The Labute approximate surface area is 112 Å². The van der Waals surface area contributed by atoms with Gasteiger partial charge in [-0.1, -0.05) is 0 Å². The van der Waals surface area contributed by atoms with Gasteiger partial charge in [0.2, 0.25) is 0 Å². The smallest absolute Gasteiger partial charge is 0.169 e. The van der Waals surface area contributed by atoms with Gasteiger partial charge in [0.05, 0.1) is 10.6 Å². The van der Waals surface area contributed by atoms with Crippen LogP contribution < -0.4 is 4.74 Å². The van der Waals surface area contributed by atoms with E-state index in [-0.39, 0.29) is 10.2 Å². The number of hydrogen-bond donors (Lipinski definition) is 1. The number of hydrogen-bond acceptors (Lipinski definition) is 3. The van der Waals surface area contributed by atoms with Crippen molar-refractivity contribution in [1.29, 1.82) is 0 Å². The third-order valence-corrected chi connectivity index (χ3v) is 3.40. The molecule has 1 aliphatic rings. The second kappa shape index (κ2) is 5.50. The molecular formula is C12H13BrF2O3. The molecule has 0 heterocycles. The van der Waals surface area contributed by atoms with Gasteiger partial charge < -0.3 is 14.6 Å². The summed E-state index contributed by atoms with van der Waals surface area (Å²) in [5.41, 5.74) is 0. The Morgan fingerprint density at radius 2 is 2.17 bits per heavy atom. The Morgan fingerprint density at radius 3 is 2.72 bits per heavy atom. The van der Waals surface area contributed by atoms with E-state index in [4.69, 9.17) is 9.47 Å². The van der Waals surface area contributed by atoms with E-state index in [0.717, 1.165) is 12.1 Å². The van der Waals surface area contributed by atoms with E-state index < -0.39 is 29.9 Å². The highest BCUT2D eigenvalue weighted by molar-refractivity contribution is 9.10. The van der Waals surface area contributed by atoms with Crippen molar-refractivity contribution < 1.29 is 23.4 Å². The fourth-order valence-electron chi connectivity index (χ4n) is 1.88. The average Bonchev–Trinajstić information content (AvgIpc) is 2.29. The van der Waals surface area contributed by atoms with E-state index in [1.165, 1.54) is 0 Å². The quantitative estimate of drug-likeness (QED) is 0.926. The van der Waals surface area contributed by atoms with Gasteiger partial charge in [-0.25, -0.2) is 8.78 Å². The van der Waals surface area contributed by atoms with Crippen molar-refractivity contribution in [3.8, 4) is 5.75 Å². The molecule has 0 bridgehead atoms. The van der Waals surface area contributed by atoms with Crippen molar-refractivity contribution in [3.63, 3.8) is 0 Å². The predicted octanol–water partition coefficient (Wildman–Crippen LogP) is 2.64. The minimum absolute atomic E-state index is 0.0574. The molecule has 3 unspecified atom stereocenters. The molecule has 18 heavy (non-hydrogen) atoms. The van der Waals surface area contributed by atoms with Gasteiger partial charge >= 0.3 is 0 Å². The lowest BCUT2D eigenvalue weighted by Crippen LogP contribution is -2.55. The monoisotopic (exact) mass is 322 g/mol. The van der Waals surface area contributed by atoms with Crippen LogP contribution >= 0.6 is 15.9 Å². The molecule has 100 valence electrons. The zero-order chi connectivity index (χ0) is 13.3. The number of halogens is 3. The number of rotatable bonds is 4. The van der Waals surface area contributed by atoms with Gasteiger partial charge in [0.25, 0.3) is 0 Å². The third kappa shape index (κ3) is 2.65. The Hall–Kier alpha value is -0.720. The molecule has 1 N–H and O–H groups in total. The molecular weight excluding hydrogens is 310 g/mol. The minimum atomic E-state index is -0.779. The summed E-state index contributed by atoms with van der Waals surface area (Å²) in [4.78, 5) is 0. The first kappa shape index (κ1) is 13.7. The summed E-state index contributed by atoms with van der Waals surface area (Å²) in [7, 11) is 0. The number of aliphatic hydroxyl groups excluding tert-OH is 1. The lowest BCUT2D eigenvalue weighted by Gasteiger charge is -2.40. The van der Waals surface area contributed by atoms with Gasteiger partial charge in [0.1, 0.15) is 18.0 Å². The lowest BCUT2D eigenvalue weighted by molar-refractivity contribution is -0.161. The number of ether oxygens (including phenoxy) is 2. The van der Waals surface area contributed by atoms with Crippen molar-refractivity contribution in [2.75, 3.05) is 6.61 Å². The topological polar surface area (TPSA) is 38.7 Å². The maximum absolute atomic E-state index is 13.5. The van der Waals surface area contributed by atoms with Crippen molar-refractivity contribution in [3.05, 3.63) is 28.2 Å². The largest absolute Gasteiger partial charge is 0.483 e. The SMILES string of the molecule is CCOC1C(O)CC1Oc1c(F)cc(F)cc1Br. The molecule has 0 radical (unpaired) electrons. The maximum Gasteiger partial charge on any atom is 0.169 e. The van der Waals surface area contributed by atoms with E-state index in [9.17, 15) is 13.9 Å². The third-order valence-electron chi connectivity index (χ3n) is 2.81. The molecule has 6 heteroatoms. The van der Waals surface area contributed by atoms with Crippen LogP contribution in [0.1, 0.15) is 13.3 Å². The van der Waals surface area contributed by atoms with Crippen LogP contribution in [0.15, 0.2) is 16.6 Å². The highest BCUT2D eigenvalue weighted by atomic mass is 79.9. The molecule has 0 aromatic heterocycles. The summed E-state index contributed by atoms with van der Waals surface area (Å²) in [6.07, 6.45) is -1.12. The molecule has 1 aliphatic carbocycles. The second-order valence-corrected chi connectivity index (χ2v) is 4.93. The zero-order valence-electron chi connectivity index (χ0n) is 9.70. The van der Waals surface area contributed by atoms with Crippen LogP contribution in [-0.2, 0) is 4.74 Å². The van der Waals surface area contributed by atoms with E-state index >= 15 is 0 Å². The Balaban J connectivity index is 2.10. The first-order valence-electron chi connectivity index (χ1n) is 5.63. The predicted molar refractivity (Wildman–Crippen MR) is 64.5 cm³/mol. The fourth-order valence-corrected chi connectivity index (χ4v) is 2.38. The zero-order valence-corrected chi connectivity index (χ0v) is 11.3. The molecule has 3 nitrogen and oxygen atoms in total. The van der Waals surface area contributed by atoms with Crippen molar-refractivity contribution in [2.24, 2.45) is 0 Å². The first-order chi connectivity index (χ1) is 8.52.